The van der Waals surface area contributed by atoms with Crippen LogP contribution in [0.25, 0.3) is 0 Å². The maximum absolute atomic E-state index is 12.5. The van der Waals surface area contributed by atoms with Crippen LogP contribution in [0.5, 0.6) is 5.75 Å². The third kappa shape index (κ3) is 3.80. The third-order valence-electron chi connectivity index (χ3n) is 3.58. The summed E-state index contributed by atoms with van der Waals surface area (Å²) in [6, 6.07) is 7.41. The minimum absolute atomic E-state index is 0.00433. The van der Waals surface area contributed by atoms with Gasteiger partial charge in [-0.15, -0.1) is 11.6 Å². The van der Waals surface area contributed by atoms with Crippen LogP contribution in [0, 0.1) is 0 Å². The average Bonchev–Trinajstić information content (AvgIpc) is 2.35. The van der Waals surface area contributed by atoms with Crippen molar-refractivity contribution in [3.63, 3.8) is 0 Å². The van der Waals surface area contributed by atoms with E-state index in [1.807, 2.05) is 4.90 Å². The van der Waals surface area contributed by atoms with E-state index in [4.69, 9.17) is 27.9 Å². The van der Waals surface area contributed by atoms with E-state index >= 15 is 0 Å². The zero-order chi connectivity index (χ0) is 14.5. The first kappa shape index (κ1) is 15.5. The van der Waals surface area contributed by atoms with Crippen molar-refractivity contribution >= 4 is 29.1 Å². The van der Waals surface area contributed by atoms with Crippen LogP contribution in [-0.2, 0) is 4.79 Å². The fourth-order valence-electron chi connectivity index (χ4n) is 2.29. The molecule has 1 atom stereocenters. The summed E-state index contributed by atoms with van der Waals surface area (Å²) in [7, 11) is 0. The van der Waals surface area contributed by atoms with E-state index in [9.17, 15) is 4.79 Å². The number of hydrogen-bond acceptors (Lipinski definition) is 2. The molecule has 1 saturated carbocycles. The molecule has 1 fully saturated rings. The van der Waals surface area contributed by atoms with Gasteiger partial charge < -0.3 is 9.64 Å². The van der Waals surface area contributed by atoms with E-state index in [-0.39, 0.29) is 5.91 Å². The molecule has 110 valence electrons. The van der Waals surface area contributed by atoms with Crippen LogP contribution in [0.1, 0.15) is 26.2 Å². The molecule has 0 bridgehead atoms. The monoisotopic (exact) mass is 315 g/mol. The van der Waals surface area contributed by atoms with E-state index in [0.717, 1.165) is 12.8 Å². The maximum atomic E-state index is 12.5. The number of carbonyl (C=O) groups is 1. The van der Waals surface area contributed by atoms with Gasteiger partial charge in [0, 0.05) is 23.5 Å². The molecule has 0 N–H and O–H groups in total. The first-order chi connectivity index (χ1) is 9.61. The second kappa shape index (κ2) is 7.19. The highest BCUT2D eigenvalue weighted by Crippen LogP contribution is 2.26. The van der Waals surface area contributed by atoms with Crippen molar-refractivity contribution in [2.75, 3.05) is 12.4 Å². The minimum atomic E-state index is -0.530. The predicted molar refractivity (Wildman–Crippen MR) is 81.6 cm³/mol. The van der Waals surface area contributed by atoms with Crippen LogP contribution in [-0.4, -0.2) is 35.4 Å². The molecular formula is C15H19Cl2NO2. The second-order valence-corrected chi connectivity index (χ2v) is 5.84. The average molecular weight is 316 g/mol. The molecule has 3 nitrogen and oxygen atoms in total. The van der Waals surface area contributed by atoms with Crippen molar-refractivity contribution in [1.82, 2.24) is 4.90 Å². The lowest BCUT2D eigenvalue weighted by Gasteiger charge is -2.38. The lowest BCUT2D eigenvalue weighted by atomic mass is 9.91. The lowest BCUT2D eigenvalue weighted by Crippen LogP contribution is -2.49. The van der Waals surface area contributed by atoms with Gasteiger partial charge in [0.15, 0.2) is 6.10 Å². The Morgan fingerprint density at radius 3 is 2.80 bits per heavy atom. The number of rotatable bonds is 6. The number of carbonyl (C=O) groups excluding carboxylic acids is 1. The Labute approximate surface area is 129 Å². The summed E-state index contributed by atoms with van der Waals surface area (Å²) in [5, 5.41) is 0.596. The molecule has 0 saturated heterocycles. The summed E-state index contributed by atoms with van der Waals surface area (Å²) in [4.78, 5) is 14.3. The Morgan fingerprint density at radius 2 is 2.25 bits per heavy atom. The molecule has 0 heterocycles. The van der Waals surface area contributed by atoms with E-state index in [2.05, 4.69) is 0 Å². The van der Waals surface area contributed by atoms with Gasteiger partial charge in [0.05, 0.1) is 0 Å². The van der Waals surface area contributed by atoms with Crippen LogP contribution in [0.4, 0.5) is 0 Å². The third-order valence-corrected chi connectivity index (χ3v) is 3.98. The van der Waals surface area contributed by atoms with Crippen LogP contribution in [0.2, 0.25) is 5.02 Å². The molecule has 20 heavy (non-hydrogen) atoms. The topological polar surface area (TPSA) is 29.5 Å². The molecule has 5 heteroatoms. The molecule has 1 amide bonds. The van der Waals surface area contributed by atoms with Crippen molar-refractivity contribution in [2.45, 2.75) is 38.3 Å². The highest BCUT2D eigenvalue weighted by Gasteiger charge is 2.31. The van der Waals surface area contributed by atoms with Gasteiger partial charge in [-0.3, -0.25) is 4.79 Å². The normalized spacial score (nSPS) is 16.4. The predicted octanol–water partition coefficient (Wildman–Crippen LogP) is 3.73. The van der Waals surface area contributed by atoms with Crippen molar-refractivity contribution < 1.29 is 9.53 Å². The number of nitrogens with zero attached hydrogens (tertiary/aromatic N) is 1. The molecule has 1 aromatic rings. The fraction of sp³-hybridized carbons (Fsp3) is 0.533. The molecule has 2 rings (SSSR count). The van der Waals surface area contributed by atoms with Gasteiger partial charge in [0.2, 0.25) is 0 Å². The molecule has 1 aliphatic rings. The van der Waals surface area contributed by atoms with Crippen molar-refractivity contribution in [2.24, 2.45) is 0 Å². The molecule has 0 spiro atoms. The highest BCUT2D eigenvalue weighted by molar-refractivity contribution is 6.30. The first-order valence-electron chi connectivity index (χ1n) is 6.90. The number of alkyl halides is 1. The van der Waals surface area contributed by atoms with E-state index in [1.54, 1.807) is 31.2 Å². The Bertz CT molecular complexity index is 463. The fourth-order valence-corrected chi connectivity index (χ4v) is 2.65. The number of amides is 1. The Hall–Kier alpha value is -0.930. The summed E-state index contributed by atoms with van der Waals surface area (Å²) in [5.41, 5.74) is 0. The van der Waals surface area contributed by atoms with Gasteiger partial charge in [-0.25, -0.2) is 0 Å². The van der Waals surface area contributed by atoms with Crippen LogP contribution >= 0.6 is 23.2 Å². The number of benzene rings is 1. The van der Waals surface area contributed by atoms with E-state index in [1.165, 1.54) is 6.42 Å². The summed E-state index contributed by atoms with van der Waals surface area (Å²) < 4.78 is 5.68. The largest absolute Gasteiger partial charge is 0.481 e. The number of halogens is 2. The Kier molecular flexibility index (Phi) is 5.55. The minimum Gasteiger partial charge on any atom is -0.481 e. The number of hydrogen-bond donors (Lipinski definition) is 0. The highest BCUT2D eigenvalue weighted by atomic mass is 35.5. The zero-order valence-corrected chi connectivity index (χ0v) is 13.0. The SMILES string of the molecule is CC(Oc1cccc(Cl)c1)C(=O)N(CCCl)C1CCC1. The van der Waals surface area contributed by atoms with Crippen molar-refractivity contribution in [3.05, 3.63) is 29.3 Å². The number of ether oxygens (including phenoxy) is 1. The van der Waals surface area contributed by atoms with Crippen molar-refractivity contribution in [3.8, 4) is 5.75 Å². The van der Waals surface area contributed by atoms with Crippen LogP contribution < -0.4 is 4.74 Å². The molecular weight excluding hydrogens is 297 g/mol. The van der Waals surface area contributed by atoms with Gasteiger partial charge in [-0.05, 0) is 44.4 Å². The Morgan fingerprint density at radius 1 is 1.50 bits per heavy atom. The molecule has 0 aromatic heterocycles. The van der Waals surface area contributed by atoms with Gasteiger partial charge >= 0.3 is 0 Å². The van der Waals surface area contributed by atoms with Crippen LogP contribution in [0.3, 0.4) is 0 Å². The smallest absolute Gasteiger partial charge is 0.263 e. The van der Waals surface area contributed by atoms with E-state index < -0.39 is 6.10 Å². The quantitative estimate of drug-likeness (QED) is 0.749. The standard InChI is InChI=1S/C15H19Cl2NO2/c1-11(20-14-7-2-4-12(17)10-14)15(19)18(9-8-16)13-5-3-6-13/h2,4,7,10-11,13H,3,5-6,8-9H2,1H3. The van der Waals surface area contributed by atoms with Gasteiger partial charge in [-0.2, -0.15) is 0 Å². The summed E-state index contributed by atoms with van der Waals surface area (Å²) in [6.45, 7) is 2.34. The Balaban J connectivity index is 1.99. The summed E-state index contributed by atoms with van der Waals surface area (Å²) in [6.07, 6.45) is 2.77. The maximum Gasteiger partial charge on any atom is 0.263 e. The molecule has 1 aliphatic carbocycles. The summed E-state index contributed by atoms with van der Waals surface area (Å²) >= 11 is 11.7. The van der Waals surface area contributed by atoms with E-state index in [0.29, 0.717) is 29.2 Å². The molecule has 0 radical (unpaired) electrons. The van der Waals surface area contributed by atoms with Crippen LogP contribution in [0.15, 0.2) is 24.3 Å². The molecule has 1 unspecified atom stereocenters. The zero-order valence-electron chi connectivity index (χ0n) is 11.5. The van der Waals surface area contributed by atoms with Gasteiger partial charge in [-0.1, -0.05) is 17.7 Å². The van der Waals surface area contributed by atoms with Crippen molar-refractivity contribution in [1.29, 1.82) is 0 Å². The second-order valence-electron chi connectivity index (χ2n) is 5.02. The summed E-state index contributed by atoms with van der Waals surface area (Å²) in [5.74, 6) is 1.06. The lowest BCUT2D eigenvalue weighted by molar-refractivity contribution is -0.141. The van der Waals surface area contributed by atoms with Gasteiger partial charge in [0.25, 0.3) is 5.91 Å². The molecule has 0 aliphatic heterocycles. The van der Waals surface area contributed by atoms with Gasteiger partial charge in [0.1, 0.15) is 5.75 Å². The molecule has 1 aromatic carbocycles. The first-order valence-corrected chi connectivity index (χ1v) is 7.81.